The Hall–Kier alpha value is -2.09. The van der Waals surface area contributed by atoms with Crippen molar-refractivity contribution < 1.29 is 17.9 Å². The van der Waals surface area contributed by atoms with Gasteiger partial charge in [-0.3, -0.25) is 9.52 Å². The Morgan fingerprint density at radius 1 is 1.26 bits per heavy atom. The first-order valence-electron chi connectivity index (χ1n) is 8.64. The predicted molar refractivity (Wildman–Crippen MR) is 105 cm³/mol. The third-order valence-electron chi connectivity index (χ3n) is 4.28. The zero-order chi connectivity index (χ0) is 19.4. The molecule has 8 heteroatoms. The predicted octanol–water partition coefficient (Wildman–Crippen LogP) is 3.36. The van der Waals surface area contributed by atoms with E-state index in [4.69, 9.17) is 16.3 Å². The van der Waals surface area contributed by atoms with Crippen LogP contribution in [-0.2, 0) is 14.8 Å². The van der Waals surface area contributed by atoms with E-state index in [0.29, 0.717) is 18.8 Å². The van der Waals surface area contributed by atoms with Crippen LogP contribution in [0.4, 0.5) is 5.69 Å². The molecule has 0 bridgehead atoms. The molecular formula is C19H21ClN2O4S. The van der Waals surface area contributed by atoms with Gasteiger partial charge in [-0.2, -0.15) is 0 Å². The molecule has 1 unspecified atom stereocenters. The van der Waals surface area contributed by atoms with Crippen LogP contribution in [0.2, 0.25) is 5.02 Å². The monoisotopic (exact) mass is 408 g/mol. The molecule has 1 saturated heterocycles. The molecule has 2 N–H and O–H groups in total. The van der Waals surface area contributed by atoms with E-state index in [1.807, 2.05) is 13.0 Å². The molecule has 0 aliphatic carbocycles. The minimum Gasteiger partial charge on any atom is -0.376 e. The molecule has 2 aromatic carbocycles. The summed E-state index contributed by atoms with van der Waals surface area (Å²) in [4.78, 5) is 12.4. The molecule has 1 amide bonds. The molecule has 0 radical (unpaired) electrons. The minimum atomic E-state index is -3.85. The van der Waals surface area contributed by atoms with Crippen LogP contribution in [0.3, 0.4) is 0 Å². The second-order valence-corrected chi connectivity index (χ2v) is 8.55. The number of hydrogen-bond donors (Lipinski definition) is 2. The summed E-state index contributed by atoms with van der Waals surface area (Å²) in [5.41, 5.74) is 1.50. The van der Waals surface area contributed by atoms with E-state index >= 15 is 0 Å². The smallest absolute Gasteiger partial charge is 0.261 e. The number of carbonyl (C=O) groups is 1. The minimum absolute atomic E-state index is 0.0115. The summed E-state index contributed by atoms with van der Waals surface area (Å²) < 4.78 is 33.3. The zero-order valence-electron chi connectivity index (χ0n) is 14.9. The lowest BCUT2D eigenvalue weighted by Gasteiger charge is -2.13. The van der Waals surface area contributed by atoms with Crippen molar-refractivity contribution in [2.45, 2.75) is 30.8 Å². The van der Waals surface area contributed by atoms with Gasteiger partial charge in [0.15, 0.2) is 0 Å². The molecule has 144 valence electrons. The fourth-order valence-corrected chi connectivity index (χ4v) is 4.15. The third-order valence-corrected chi connectivity index (χ3v) is 5.99. The van der Waals surface area contributed by atoms with E-state index < -0.39 is 15.9 Å². The quantitative estimate of drug-likeness (QED) is 0.767. The largest absolute Gasteiger partial charge is 0.376 e. The molecule has 6 nitrogen and oxygen atoms in total. The second kappa shape index (κ2) is 8.29. The van der Waals surface area contributed by atoms with Crippen LogP contribution in [0.25, 0.3) is 0 Å². The number of rotatable bonds is 6. The second-order valence-electron chi connectivity index (χ2n) is 6.46. The van der Waals surface area contributed by atoms with Crippen molar-refractivity contribution in [2.75, 3.05) is 17.9 Å². The van der Waals surface area contributed by atoms with Gasteiger partial charge in [0.25, 0.3) is 15.9 Å². The molecule has 0 aromatic heterocycles. The maximum absolute atomic E-state index is 12.7. The first-order valence-corrected chi connectivity index (χ1v) is 10.5. The zero-order valence-corrected chi connectivity index (χ0v) is 16.4. The van der Waals surface area contributed by atoms with Crippen molar-refractivity contribution in [3.63, 3.8) is 0 Å². The van der Waals surface area contributed by atoms with Gasteiger partial charge < -0.3 is 10.1 Å². The summed E-state index contributed by atoms with van der Waals surface area (Å²) in [6.45, 7) is 2.93. The van der Waals surface area contributed by atoms with Crippen LogP contribution in [0.15, 0.2) is 47.4 Å². The van der Waals surface area contributed by atoms with Gasteiger partial charge in [-0.15, -0.1) is 0 Å². The Balaban J connectivity index is 1.77. The van der Waals surface area contributed by atoms with Gasteiger partial charge in [-0.1, -0.05) is 23.7 Å². The number of aryl methyl sites for hydroxylation is 1. The Morgan fingerprint density at radius 2 is 2.07 bits per heavy atom. The first-order chi connectivity index (χ1) is 12.8. The van der Waals surface area contributed by atoms with Crippen LogP contribution in [0.1, 0.15) is 28.8 Å². The molecule has 1 fully saturated rings. The van der Waals surface area contributed by atoms with Gasteiger partial charge in [0.2, 0.25) is 0 Å². The molecule has 1 aliphatic heterocycles. The molecule has 0 saturated carbocycles. The van der Waals surface area contributed by atoms with Crippen LogP contribution in [-0.4, -0.2) is 33.6 Å². The molecule has 27 heavy (non-hydrogen) atoms. The highest BCUT2D eigenvalue weighted by atomic mass is 35.5. The van der Waals surface area contributed by atoms with Crippen molar-refractivity contribution >= 4 is 33.2 Å². The Morgan fingerprint density at radius 3 is 2.78 bits per heavy atom. The number of carbonyl (C=O) groups excluding carboxylic acids is 1. The highest BCUT2D eigenvalue weighted by molar-refractivity contribution is 7.92. The van der Waals surface area contributed by atoms with Crippen molar-refractivity contribution in [1.29, 1.82) is 0 Å². The normalized spacial score (nSPS) is 16.9. The Bertz CT molecular complexity index is 940. The number of amides is 1. The van der Waals surface area contributed by atoms with E-state index in [1.165, 1.54) is 18.2 Å². The molecule has 1 atom stereocenters. The highest BCUT2D eigenvalue weighted by Crippen LogP contribution is 2.23. The topological polar surface area (TPSA) is 84.5 Å². The van der Waals surface area contributed by atoms with E-state index in [-0.39, 0.29) is 21.6 Å². The summed E-state index contributed by atoms with van der Waals surface area (Å²) in [7, 11) is -3.85. The summed E-state index contributed by atoms with van der Waals surface area (Å²) in [6.07, 6.45) is 1.85. The molecule has 1 aliphatic rings. The van der Waals surface area contributed by atoms with Crippen molar-refractivity contribution in [3.05, 3.63) is 58.6 Å². The van der Waals surface area contributed by atoms with E-state index in [2.05, 4.69) is 10.0 Å². The van der Waals surface area contributed by atoms with Crippen LogP contribution < -0.4 is 10.0 Å². The van der Waals surface area contributed by atoms with Crippen molar-refractivity contribution in [1.82, 2.24) is 5.32 Å². The van der Waals surface area contributed by atoms with E-state index in [0.717, 1.165) is 18.4 Å². The van der Waals surface area contributed by atoms with Gasteiger partial charge >= 0.3 is 0 Å². The molecular weight excluding hydrogens is 388 g/mol. The summed E-state index contributed by atoms with van der Waals surface area (Å²) in [6, 6.07) is 11.1. The average Bonchev–Trinajstić information content (AvgIpc) is 3.13. The Kier molecular flexibility index (Phi) is 6.04. The van der Waals surface area contributed by atoms with Gasteiger partial charge in [0, 0.05) is 18.8 Å². The lowest BCUT2D eigenvalue weighted by Crippen LogP contribution is -2.32. The fraction of sp³-hybridized carbons (Fsp3) is 0.316. The van der Waals surface area contributed by atoms with E-state index in [1.54, 1.807) is 18.2 Å². The average molecular weight is 409 g/mol. The SMILES string of the molecule is Cc1cccc(NS(=O)(=O)c2ccc(Cl)c(C(=O)NCC3CCCO3)c2)c1. The maximum atomic E-state index is 12.7. The van der Waals surface area contributed by atoms with Crippen LogP contribution in [0.5, 0.6) is 0 Å². The van der Waals surface area contributed by atoms with E-state index in [9.17, 15) is 13.2 Å². The number of ether oxygens (including phenoxy) is 1. The Labute approximate surface area is 163 Å². The third kappa shape index (κ3) is 5.00. The number of anilines is 1. The van der Waals surface area contributed by atoms with Gasteiger partial charge in [0.05, 0.1) is 21.6 Å². The lowest BCUT2D eigenvalue weighted by atomic mass is 10.2. The standard InChI is InChI=1S/C19H21ClN2O4S/c1-13-4-2-5-14(10-13)22-27(24,25)16-7-8-18(20)17(11-16)19(23)21-12-15-6-3-9-26-15/h2,4-5,7-8,10-11,15,22H,3,6,9,12H2,1H3,(H,21,23). The summed E-state index contributed by atoms with van der Waals surface area (Å²) in [5.74, 6) is -0.428. The maximum Gasteiger partial charge on any atom is 0.261 e. The summed E-state index contributed by atoms with van der Waals surface area (Å²) >= 11 is 6.11. The van der Waals surface area contributed by atoms with Crippen molar-refractivity contribution in [3.8, 4) is 0 Å². The molecule has 2 aromatic rings. The van der Waals surface area contributed by atoms with Crippen molar-refractivity contribution in [2.24, 2.45) is 0 Å². The molecule has 1 heterocycles. The van der Waals surface area contributed by atoms with Crippen LogP contribution in [0, 0.1) is 6.92 Å². The highest BCUT2D eigenvalue weighted by Gasteiger charge is 2.21. The number of nitrogens with one attached hydrogen (secondary N) is 2. The van der Waals surface area contributed by atoms with Crippen LogP contribution >= 0.6 is 11.6 Å². The summed E-state index contributed by atoms with van der Waals surface area (Å²) in [5, 5.41) is 2.94. The van der Waals surface area contributed by atoms with Gasteiger partial charge in [0.1, 0.15) is 0 Å². The molecule has 0 spiro atoms. The first kappa shape index (κ1) is 19.7. The van der Waals surface area contributed by atoms with Gasteiger partial charge in [-0.05, 0) is 55.7 Å². The van der Waals surface area contributed by atoms with Gasteiger partial charge in [-0.25, -0.2) is 8.42 Å². The number of sulfonamides is 1. The number of halogens is 1. The number of benzene rings is 2. The molecule has 3 rings (SSSR count). The lowest BCUT2D eigenvalue weighted by molar-refractivity contribution is 0.0857. The fourth-order valence-electron chi connectivity index (χ4n) is 2.88. The number of hydrogen-bond acceptors (Lipinski definition) is 4.